The molecule has 8 heteroatoms. The minimum Gasteiger partial charge on any atom is -0.390 e. The van der Waals surface area contributed by atoms with Crippen LogP contribution in [0.15, 0.2) is 36.8 Å². The highest BCUT2D eigenvalue weighted by Gasteiger charge is 2.30. The summed E-state index contributed by atoms with van der Waals surface area (Å²) in [6.07, 6.45) is 8.30. The summed E-state index contributed by atoms with van der Waals surface area (Å²) in [7, 11) is 0. The molecule has 32 heavy (non-hydrogen) atoms. The van der Waals surface area contributed by atoms with Gasteiger partial charge in [0.15, 0.2) is 0 Å². The average molecular weight is 432 g/mol. The van der Waals surface area contributed by atoms with Crippen LogP contribution in [0.4, 0.5) is 5.95 Å². The van der Waals surface area contributed by atoms with Crippen molar-refractivity contribution >= 4 is 5.95 Å². The van der Waals surface area contributed by atoms with E-state index < -0.39 is 5.60 Å². The van der Waals surface area contributed by atoms with Gasteiger partial charge in [0.2, 0.25) is 5.95 Å². The maximum Gasteiger partial charge on any atom is 0.222 e. The highest BCUT2D eigenvalue weighted by molar-refractivity contribution is 5.38. The lowest BCUT2D eigenvalue weighted by atomic mass is 9.77. The minimum absolute atomic E-state index is 0.334. The van der Waals surface area contributed by atoms with E-state index in [2.05, 4.69) is 43.6 Å². The first kappa shape index (κ1) is 21.9. The summed E-state index contributed by atoms with van der Waals surface area (Å²) in [5, 5.41) is 27.4. The van der Waals surface area contributed by atoms with Gasteiger partial charge < -0.3 is 10.4 Å². The van der Waals surface area contributed by atoms with Gasteiger partial charge in [0.1, 0.15) is 18.2 Å². The largest absolute Gasteiger partial charge is 0.390 e. The molecule has 0 bridgehead atoms. The van der Waals surface area contributed by atoms with Gasteiger partial charge in [0.25, 0.3) is 0 Å². The van der Waals surface area contributed by atoms with Crippen LogP contribution in [0.25, 0.3) is 5.69 Å². The van der Waals surface area contributed by atoms with Crippen molar-refractivity contribution in [2.45, 2.75) is 58.0 Å². The molecule has 2 heterocycles. The molecule has 3 aromatic rings. The first-order valence-corrected chi connectivity index (χ1v) is 11.1. The second-order valence-electron chi connectivity index (χ2n) is 8.89. The number of hydrogen-bond donors (Lipinski definition) is 2. The van der Waals surface area contributed by atoms with Gasteiger partial charge in [0.05, 0.1) is 28.7 Å². The van der Waals surface area contributed by atoms with Gasteiger partial charge >= 0.3 is 0 Å². The van der Waals surface area contributed by atoms with Crippen molar-refractivity contribution in [1.82, 2.24) is 24.7 Å². The first-order chi connectivity index (χ1) is 15.4. The van der Waals surface area contributed by atoms with E-state index in [-0.39, 0.29) is 0 Å². The molecule has 0 aliphatic heterocycles. The molecule has 1 aliphatic carbocycles. The van der Waals surface area contributed by atoms with E-state index in [1.807, 2.05) is 26.0 Å². The van der Waals surface area contributed by atoms with Gasteiger partial charge in [-0.3, -0.25) is 0 Å². The van der Waals surface area contributed by atoms with Crippen LogP contribution >= 0.6 is 0 Å². The van der Waals surface area contributed by atoms with Crippen LogP contribution < -0.4 is 5.32 Å². The van der Waals surface area contributed by atoms with E-state index in [1.54, 1.807) is 17.2 Å². The van der Waals surface area contributed by atoms with Crippen molar-refractivity contribution in [1.29, 1.82) is 5.26 Å². The molecule has 2 aromatic heterocycles. The van der Waals surface area contributed by atoms with Crippen molar-refractivity contribution in [3.63, 3.8) is 0 Å². The molecule has 1 fully saturated rings. The Hall–Kier alpha value is -3.31. The summed E-state index contributed by atoms with van der Waals surface area (Å²) in [5.74, 6) is 1.72. The monoisotopic (exact) mass is 431 g/mol. The van der Waals surface area contributed by atoms with E-state index in [9.17, 15) is 10.4 Å². The van der Waals surface area contributed by atoms with Crippen LogP contribution in [0.2, 0.25) is 0 Å². The number of nitrogens with one attached hydrogen (secondary N) is 1. The predicted octanol–water partition coefficient (Wildman–Crippen LogP) is 3.38. The Morgan fingerprint density at radius 1 is 1.28 bits per heavy atom. The summed E-state index contributed by atoms with van der Waals surface area (Å²) in [5.41, 5.74) is 2.84. The summed E-state index contributed by atoms with van der Waals surface area (Å²) in [6.45, 7) is 4.51. The van der Waals surface area contributed by atoms with Crippen molar-refractivity contribution in [2.75, 3.05) is 11.9 Å². The molecule has 2 N–H and O–H groups in total. The van der Waals surface area contributed by atoms with Crippen molar-refractivity contribution < 1.29 is 5.11 Å². The lowest BCUT2D eigenvalue weighted by Gasteiger charge is -2.33. The van der Waals surface area contributed by atoms with Crippen LogP contribution in [0, 0.1) is 24.2 Å². The minimum atomic E-state index is -0.619. The number of rotatable bonds is 7. The molecule has 2 atom stereocenters. The third-order valence-corrected chi connectivity index (χ3v) is 6.12. The van der Waals surface area contributed by atoms with Gasteiger partial charge in [0, 0.05) is 6.54 Å². The third-order valence-electron chi connectivity index (χ3n) is 6.12. The SMILES string of the molecule is Cc1ncnn1-c1ccc(CCNc2ncc(C#N)c(C[C@@H]3CCC[C@@](C)(O)C3)n2)cc1. The number of benzene rings is 1. The van der Waals surface area contributed by atoms with Crippen molar-refractivity contribution in [3.8, 4) is 11.8 Å². The molecule has 0 amide bonds. The molecule has 0 radical (unpaired) electrons. The predicted molar refractivity (Wildman–Crippen MR) is 121 cm³/mol. The Labute approximate surface area is 188 Å². The van der Waals surface area contributed by atoms with Crippen LogP contribution in [-0.4, -0.2) is 42.0 Å². The second-order valence-corrected chi connectivity index (χ2v) is 8.89. The van der Waals surface area contributed by atoms with Crippen molar-refractivity contribution in [3.05, 3.63) is 59.4 Å². The number of nitriles is 1. The van der Waals surface area contributed by atoms with Gasteiger partial charge in [-0.1, -0.05) is 18.6 Å². The van der Waals surface area contributed by atoms with Crippen LogP contribution in [0.3, 0.4) is 0 Å². The maximum absolute atomic E-state index is 10.4. The normalized spacial score (nSPS) is 20.6. The maximum atomic E-state index is 10.4. The molecule has 1 saturated carbocycles. The van der Waals surface area contributed by atoms with Crippen molar-refractivity contribution in [2.24, 2.45) is 5.92 Å². The van der Waals surface area contributed by atoms with E-state index in [0.717, 1.165) is 49.3 Å². The fourth-order valence-electron chi connectivity index (χ4n) is 4.47. The van der Waals surface area contributed by atoms with E-state index in [4.69, 9.17) is 0 Å². The third kappa shape index (κ3) is 5.29. The van der Waals surface area contributed by atoms with Gasteiger partial charge in [-0.15, -0.1) is 0 Å². The quantitative estimate of drug-likeness (QED) is 0.590. The van der Waals surface area contributed by atoms with Crippen LogP contribution in [-0.2, 0) is 12.8 Å². The van der Waals surface area contributed by atoms with Gasteiger partial charge in [-0.05, 0) is 69.6 Å². The Morgan fingerprint density at radius 2 is 2.09 bits per heavy atom. The molecule has 166 valence electrons. The second kappa shape index (κ2) is 9.45. The molecule has 1 aliphatic rings. The average Bonchev–Trinajstić information content (AvgIpc) is 3.20. The summed E-state index contributed by atoms with van der Waals surface area (Å²) in [6, 6.07) is 10.4. The van der Waals surface area contributed by atoms with Crippen LogP contribution in [0.1, 0.15) is 55.3 Å². The smallest absolute Gasteiger partial charge is 0.222 e. The lowest BCUT2D eigenvalue weighted by Crippen LogP contribution is -2.32. The van der Waals surface area contributed by atoms with E-state index in [1.165, 1.54) is 5.56 Å². The number of nitrogens with zero attached hydrogens (tertiary/aromatic N) is 6. The number of aryl methyl sites for hydroxylation is 1. The number of anilines is 1. The molecular formula is C24H29N7O. The molecule has 0 spiro atoms. The fraction of sp³-hybridized carbons (Fsp3) is 0.458. The van der Waals surface area contributed by atoms with E-state index >= 15 is 0 Å². The fourth-order valence-corrected chi connectivity index (χ4v) is 4.47. The summed E-state index contributed by atoms with van der Waals surface area (Å²) in [4.78, 5) is 13.1. The number of hydrogen-bond acceptors (Lipinski definition) is 7. The topological polar surface area (TPSA) is 113 Å². The number of aromatic nitrogens is 5. The summed E-state index contributed by atoms with van der Waals surface area (Å²) < 4.78 is 1.81. The Morgan fingerprint density at radius 3 is 2.78 bits per heavy atom. The standard InChI is InChI=1S/C24H29N7O/c1-17-28-16-29-31(17)21-7-5-18(6-8-21)9-11-26-23-27-15-20(14-25)22(30-23)12-19-4-3-10-24(2,32)13-19/h5-8,15-16,19,32H,3-4,9-13H2,1-2H3,(H,26,27,30)/t19-,24+/m0/s1. The highest BCUT2D eigenvalue weighted by atomic mass is 16.3. The number of aliphatic hydroxyl groups is 1. The Kier molecular flexibility index (Phi) is 6.47. The van der Waals surface area contributed by atoms with Crippen LogP contribution in [0.5, 0.6) is 0 Å². The zero-order valence-electron chi connectivity index (χ0n) is 18.6. The molecule has 8 nitrogen and oxygen atoms in total. The zero-order chi connectivity index (χ0) is 22.6. The molecule has 0 saturated heterocycles. The Bertz CT molecular complexity index is 1100. The molecular weight excluding hydrogens is 402 g/mol. The summed E-state index contributed by atoms with van der Waals surface area (Å²) >= 11 is 0. The molecule has 4 rings (SSSR count). The first-order valence-electron chi connectivity index (χ1n) is 11.1. The Balaban J connectivity index is 1.36. The molecule has 0 unspecified atom stereocenters. The highest BCUT2D eigenvalue weighted by Crippen LogP contribution is 2.34. The van der Waals surface area contributed by atoms with E-state index in [0.29, 0.717) is 30.4 Å². The van der Waals surface area contributed by atoms with Gasteiger partial charge in [-0.2, -0.15) is 10.4 Å². The lowest BCUT2D eigenvalue weighted by molar-refractivity contribution is 0.00107. The zero-order valence-corrected chi connectivity index (χ0v) is 18.6. The molecule has 1 aromatic carbocycles. The van der Waals surface area contributed by atoms with Gasteiger partial charge in [-0.25, -0.2) is 19.6 Å².